The fraction of sp³-hybridized carbons (Fsp3) is 0.138. The number of hydrogen-bond acceptors (Lipinski definition) is 10. The van der Waals surface area contributed by atoms with Crippen LogP contribution in [0.2, 0.25) is 0 Å². The molecule has 0 aliphatic carbocycles. The van der Waals surface area contributed by atoms with E-state index < -0.39 is 11.5 Å². The molecular formula is C29H28N6O6. The zero-order valence-electron chi connectivity index (χ0n) is 22.8. The van der Waals surface area contributed by atoms with Gasteiger partial charge in [0.05, 0.1) is 52.2 Å². The van der Waals surface area contributed by atoms with Crippen LogP contribution in [0.25, 0.3) is 5.69 Å². The zero-order valence-corrected chi connectivity index (χ0v) is 22.8. The van der Waals surface area contributed by atoms with Gasteiger partial charge in [0.2, 0.25) is 0 Å². The molecule has 210 valence electrons. The van der Waals surface area contributed by atoms with Crippen LogP contribution in [0.1, 0.15) is 21.6 Å². The third kappa shape index (κ3) is 6.87. The number of nitrogens with one attached hydrogen (secondary N) is 2. The van der Waals surface area contributed by atoms with E-state index in [2.05, 4.69) is 26.2 Å². The van der Waals surface area contributed by atoms with Gasteiger partial charge in [-0.3, -0.25) is 15.0 Å². The van der Waals surface area contributed by atoms with E-state index in [1.165, 1.54) is 32.7 Å². The van der Waals surface area contributed by atoms with Crippen molar-refractivity contribution in [3.8, 4) is 28.7 Å². The molecule has 0 saturated heterocycles. The van der Waals surface area contributed by atoms with Crippen LogP contribution in [-0.2, 0) is 0 Å². The number of hydrazone groups is 2. The van der Waals surface area contributed by atoms with E-state index >= 15 is 0 Å². The summed E-state index contributed by atoms with van der Waals surface area (Å²) >= 11 is 0. The molecule has 41 heavy (non-hydrogen) atoms. The highest BCUT2D eigenvalue weighted by Gasteiger charge is 2.17. The molecule has 12 heteroatoms. The average Bonchev–Trinajstić information content (AvgIpc) is 3.01. The second kappa shape index (κ2) is 13.4. The molecule has 0 saturated carbocycles. The van der Waals surface area contributed by atoms with Crippen molar-refractivity contribution in [3.05, 3.63) is 100.0 Å². The van der Waals surface area contributed by atoms with Crippen molar-refractivity contribution in [2.24, 2.45) is 10.2 Å². The maximum atomic E-state index is 13.3. The lowest BCUT2D eigenvalue weighted by molar-refractivity contribution is 0.0949. The van der Waals surface area contributed by atoms with E-state index in [0.717, 1.165) is 4.68 Å². The number of carbonyl (C=O) groups excluding carboxylic acids is 1. The largest absolute Gasteiger partial charge is 0.497 e. The summed E-state index contributed by atoms with van der Waals surface area (Å²) in [5.74, 6) is 1.58. The van der Waals surface area contributed by atoms with Crippen LogP contribution in [0.3, 0.4) is 0 Å². The number of nitrogens with zero attached hydrogens (tertiary/aromatic N) is 4. The van der Waals surface area contributed by atoms with Gasteiger partial charge in [-0.1, -0.05) is 18.2 Å². The number of benzene rings is 3. The van der Waals surface area contributed by atoms with Gasteiger partial charge in [-0.2, -0.15) is 20.0 Å². The predicted octanol–water partition coefficient (Wildman–Crippen LogP) is 3.48. The molecule has 0 aliphatic heterocycles. The second-order valence-corrected chi connectivity index (χ2v) is 8.28. The average molecular weight is 557 g/mol. The Balaban J connectivity index is 1.66. The number of amides is 1. The molecule has 1 aromatic heterocycles. The second-order valence-electron chi connectivity index (χ2n) is 8.28. The molecule has 0 spiro atoms. The molecule has 0 atom stereocenters. The molecule has 2 N–H and O–H groups in total. The van der Waals surface area contributed by atoms with E-state index in [1.54, 1.807) is 80.9 Å². The van der Waals surface area contributed by atoms with Crippen molar-refractivity contribution >= 4 is 24.0 Å². The molecule has 0 fully saturated rings. The molecule has 12 nitrogen and oxygen atoms in total. The van der Waals surface area contributed by atoms with Crippen molar-refractivity contribution in [2.75, 3.05) is 33.9 Å². The summed E-state index contributed by atoms with van der Waals surface area (Å²) in [5.41, 5.74) is 6.30. The Bertz CT molecular complexity index is 1640. The van der Waals surface area contributed by atoms with E-state index in [9.17, 15) is 9.59 Å². The fourth-order valence-corrected chi connectivity index (χ4v) is 3.73. The Kier molecular flexibility index (Phi) is 9.28. The van der Waals surface area contributed by atoms with Crippen LogP contribution in [0.15, 0.2) is 87.8 Å². The molecule has 0 bridgehead atoms. The number of methoxy groups -OCH3 is 4. The SMILES string of the molecule is COc1ccc(OC)c(/C=N\Nc2cc(=O)n(-c3ccccc3)nc2C(=O)N/N=C/c2cc(OC)ccc2OC)c1. The fourth-order valence-electron chi connectivity index (χ4n) is 3.73. The number of para-hydroxylation sites is 1. The normalized spacial score (nSPS) is 10.9. The van der Waals surface area contributed by atoms with Crippen LogP contribution in [0, 0.1) is 0 Å². The van der Waals surface area contributed by atoms with Gasteiger partial charge in [-0.15, -0.1) is 0 Å². The molecule has 4 rings (SSSR count). The minimum Gasteiger partial charge on any atom is -0.497 e. The number of aromatic nitrogens is 2. The van der Waals surface area contributed by atoms with E-state index in [0.29, 0.717) is 39.8 Å². The third-order valence-corrected chi connectivity index (χ3v) is 5.78. The Labute approximate surface area is 235 Å². The van der Waals surface area contributed by atoms with Gasteiger partial charge in [-0.05, 0) is 48.5 Å². The van der Waals surface area contributed by atoms with Crippen molar-refractivity contribution in [3.63, 3.8) is 0 Å². The van der Waals surface area contributed by atoms with E-state index in [4.69, 9.17) is 18.9 Å². The van der Waals surface area contributed by atoms with E-state index in [-0.39, 0.29) is 11.4 Å². The van der Waals surface area contributed by atoms with Crippen molar-refractivity contribution in [1.29, 1.82) is 0 Å². The van der Waals surface area contributed by atoms with Gasteiger partial charge in [-0.25, -0.2) is 5.43 Å². The standard InChI is InChI=1S/C29H28N6O6/c1-38-22-10-12-25(40-3)19(14-22)17-30-32-24-16-27(36)35(21-8-6-5-7-9-21)34-28(24)29(37)33-31-18-20-15-23(39-2)11-13-26(20)41-4/h5-18,32H,1-4H3,(H,33,37)/b30-17-,31-18+. The highest BCUT2D eigenvalue weighted by atomic mass is 16.5. The highest BCUT2D eigenvalue weighted by Crippen LogP contribution is 2.23. The van der Waals surface area contributed by atoms with Crippen LogP contribution in [0.4, 0.5) is 5.69 Å². The Morgan fingerprint density at radius 3 is 1.93 bits per heavy atom. The first kappa shape index (κ1) is 28.4. The summed E-state index contributed by atoms with van der Waals surface area (Å²) < 4.78 is 22.3. The predicted molar refractivity (Wildman–Crippen MR) is 155 cm³/mol. The number of carbonyl (C=O) groups is 1. The first-order chi connectivity index (χ1) is 20.0. The van der Waals surface area contributed by atoms with Gasteiger partial charge in [0.25, 0.3) is 11.5 Å². The first-order valence-electron chi connectivity index (χ1n) is 12.2. The molecular weight excluding hydrogens is 528 g/mol. The molecule has 1 heterocycles. The summed E-state index contributed by atoms with van der Waals surface area (Å²) in [5, 5.41) is 12.6. The summed E-state index contributed by atoms with van der Waals surface area (Å²) in [6.07, 6.45) is 2.88. The van der Waals surface area contributed by atoms with Gasteiger partial charge in [0, 0.05) is 17.2 Å². The summed E-state index contributed by atoms with van der Waals surface area (Å²) in [6, 6.07) is 20.3. The topological polar surface area (TPSA) is 138 Å². The summed E-state index contributed by atoms with van der Waals surface area (Å²) in [6.45, 7) is 0. The van der Waals surface area contributed by atoms with Gasteiger partial charge in [0.1, 0.15) is 23.0 Å². The lowest BCUT2D eigenvalue weighted by Crippen LogP contribution is -2.28. The lowest BCUT2D eigenvalue weighted by atomic mass is 10.2. The van der Waals surface area contributed by atoms with Crippen molar-refractivity contribution in [1.82, 2.24) is 15.2 Å². The monoisotopic (exact) mass is 556 g/mol. The molecule has 0 aliphatic rings. The quantitative estimate of drug-likeness (QED) is 0.212. The van der Waals surface area contributed by atoms with E-state index in [1.807, 2.05) is 0 Å². The maximum Gasteiger partial charge on any atom is 0.294 e. The lowest BCUT2D eigenvalue weighted by Gasteiger charge is -2.11. The molecule has 0 unspecified atom stereocenters. The maximum absolute atomic E-state index is 13.3. The van der Waals surface area contributed by atoms with Gasteiger partial charge in [0.15, 0.2) is 5.69 Å². The van der Waals surface area contributed by atoms with Crippen molar-refractivity contribution < 1.29 is 23.7 Å². The Hall–Kier alpha value is -5.65. The first-order valence-corrected chi connectivity index (χ1v) is 12.2. The molecule has 4 aromatic rings. The molecule has 3 aromatic carbocycles. The number of ether oxygens (including phenoxy) is 4. The summed E-state index contributed by atoms with van der Waals surface area (Å²) in [7, 11) is 6.14. The number of hydrogen-bond donors (Lipinski definition) is 2. The number of rotatable bonds is 11. The smallest absolute Gasteiger partial charge is 0.294 e. The minimum absolute atomic E-state index is 0.0620. The van der Waals surface area contributed by atoms with Crippen LogP contribution >= 0.6 is 0 Å². The van der Waals surface area contributed by atoms with Crippen molar-refractivity contribution in [2.45, 2.75) is 0 Å². The van der Waals surface area contributed by atoms with Crippen LogP contribution in [0.5, 0.6) is 23.0 Å². The van der Waals surface area contributed by atoms with Crippen LogP contribution in [-0.4, -0.2) is 56.6 Å². The van der Waals surface area contributed by atoms with Gasteiger partial charge >= 0.3 is 0 Å². The third-order valence-electron chi connectivity index (χ3n) is 5.78. The minimum atomic E-state index is -0.690. The highest BCUT2D eigenvalue weighted by molar-refractivity contribution is 5.98. The Morgan fingerprint density at radius 2 is 1.37 bits per heavy atom. The van der Waals surface area contributed by atoms with Crippen LogP contribution < -0.4 is 35.4 Å². The molecule has 1 amide bonds. The molecule has 0 radical (unpaired) electrons. The number of anilines is 1. The zero-order chi connectivity index (χ0) is 29.2. The summed E-state index contributed by atoms with van der Waals surface area (Å²) in [4.78, 5) is 26.2. The Morgan fingerprint density at radius 1 is 0.780 bits per heavy atom. The van der Waals surface area contributed by atoms with Gasteiger partial charge < -0.3 is 18.9 Å².